The summed E-state index contributed by atoms with van der Waals surface area (Å²) in [6.07, 6.45) is 0.413. The average molecular weight is 270 g/mol. The zero-order valence-corrected chi connectivity index (χ0v) is 12.2. The van der Waals surface area contributed by atoms with Crippen LogP contribution in [0.25, 0.3) is 0 Å². The molecule has 1 atom stereocenters. The lowest BCUT2D eigenvalue weighted by Gasteiger charge is -2.16. The molecule has 0 aliphatic heterocycles. The quantitative estimate of drug-likeness (QED) is 0.681. The second kappa shape index (κ2) is 8.40. The summed E-state index contributed by atoms with van der Waals surface area (Å²) in [5.41, 5.74) is 1.07. The SMILES string of the molecule is CCOC(CCS(=O)c1ccccc1C)OCC. The lowest BCUT2D eigenvalue weighted by Crippen LogP contribution is -2.20. The third kappa shape index (κ3) is 4.88. The van der Waals surface area contributed by atoms with Crippen molar-refractivity contribution in [2.24, 2.45) is 0 Å². The van der Waals surface area contributed by atoms with Crippen molar-refractivity contribution in [1.29, 1.82) is 0 Å². The van der Waals surface area contributed by atoms with E-state index in [2.05, 4.69) is 0 Å². The zero-order valence-electron chi connectivity index (χ0n) is 11.3. The van der Waals surface area contributed by atoms with Crippen LogP contribution in [0.1, 0.15) is 25.8 Å². The number of hydrogen-bond acceptors (Lipinski definition) is 3. The van der Waals surface area contributed by atoms with Crippen molar-refractivity contribution in [1.82, 2.24) is 0 Å². The highest BCUT2D eigenvalue weighted by atomic mass is 32.2. The van der Waals surface area contributed by atoms with Gasteiger partial charge < -0.3 is 9.47 Å². The molecule has 0 fully saturated rings. The molecule has 0 heterocycles. The monoisotopic (exact) mass is 270 g/mol. The molecule has 0 saturated heterocycles. The van der Waals surface area contributed by atoms with Gasteiger partial charge in [-0.2, -0.15) is 0 Å². The van der Waals surface area contributed by atoms with Gasteiger partial charge in [0.1, 0.15) is 0 Å². The summed E-state index contributed by atoms with van der Waals surface area (Å²) < 4.78 is 23.1. The van der Waals surface area contributed by atoms with Gasteiger partial charge in [0.05, 0.1) is 10.8 Å². The summed E-state index contributed by atoms with van der Waals surface area (Å²) in [4.78, 5) is 0.907. The standard InChI is InChI=1S/C14H22O3S/c1-4-16-14(17-5-2)10-11-18(15)13-9-7-6-8-12(13)3/h6-9,14H,4-5,10-11H2,1-3H3. The number of rotatable bonds is 8. The third-order valence-corrected chi connectivity index (χ3v) is 4.14. The summed E-state index contributed by atoms with van der Waals surface area (Å²) in [7, 11) is -0.983. The average Bonchev–Trinajstić information content (AvgIpc) is 2.36. The van der Waals surface area contributed by atoms with E-state index in [1.165, 1.54) is 0 Å². The van der Waals surface area contributed by atoms with Crippen molar-refractivity contribution in [2.75, 3.05) is 19.0 Å². The molecule has 1 aromatic rings. The summed E-state index contributed by atoms with van der Waals surface area (Å²) in [6, 6.07) is 7.78. The van der Waals surface area contributed by atoms with Crippen LogP contribution in [0.5, 0.6) is 0 Å². The number of benzene rings is 1. The molecule has 1 unspecified atom stereocenters. The molecule has 0 spiro atoms. The van der Waals surface area contributed by atoms with Crippen molar-refractivity contribution in [3.05, 3.63) is 29.8 Å². The molecule has 0 saturated carbocycles. The maximum absolute atomic E-state index is 12.2. The van der Waals surface area contributed by atoms with Crippen molar-refractivity contribution in [3.63, 3.8) is 0 Å². The van der Waals surface area contributed by atoms with E-state index < -0.39 is 10.8 Å². The Morgan fingerprint density at radius 1 is 1.17 bits per heavy atom. The molecule has 102 valence electrons. The minimum Gasteiger partial charge on any atom is -0.353 e. The molecular formula is C14H22O3S. The molecule has 1 aromatic carbocycles. The van der Waals surface area contributed by atoms with Gasteiger partial charge in [0.2, 0.25) is 0 Å². The normalized spacial score (nSPS) is 12.9. The fourth-order valence-electron chi connectivity index (χ4n) is 1.71. The Morgan fingerprint density at radius 3 is 2.33 bits per heavy atom. The lowest BCUT2D eigenvalue weighted by atomic mass is 10.2. The lowest BCUT2D eigenvalue weighted by molar-refractivity contribution is -0.136. The van der Waals surface area contributed by atoms with E-state index in [-0.39, 0.29) is 6.29 Å². The molecule has 18 heavy (non-hydrogen) atoms. The molecule has 0 aromatic heterocycles. The maximum Gasteiger partial charge on any atom is 0.158 e. The Labute approximate surface area is 112 Å². The first-order valence-electron chi connectivity index (χ1n) is 6.36. The first-order valence-corrected chi connectivity index (χ1v) is 7.68. The molecule has 0 N–H and O–H groups in total. The van der Waals surface area contributed by atoms with E-state index in [1.54, 1.807) is 0 Å². The van der Waals surface area contributed by atoms with Crippen LogP contribution in [0.15, 0.2) is 29.2 Å². The van der Waals surface area contributed by atoms with Gasteiger partial charge in [-0.05, 0) is 32.4 Å². The van der Waals surface area contributed by atoms with Gasteiger partial charge >= 0.3 is 0 Å². The smallest absolute Gasteiger partial charge is 0.158 e. The van der Waals surface area contributed by atoms with Crippen LogP contribution in [0, 0.1) is 6.92 Å². The Hall–Kier alpha value is -0.710. The molecule has 0 aliphatic rings. The second-order valence-corrected chi connectivity index (χ2v) is 5.48. The highest BCUT2D eigenvalue weighted by Crippen LogP contribution is 2.14. The van der Waals surface area contributed by atoms with Crippen LogP contribution in [0.4, 0.5) is 0 Å². The van der Waals surface area contributed by atoms with Gasteiger partial charge in [-0.15, -0.1) is 0 Å². The second-order valence-electron chi connectivity index (χ2n) is 3.94. The van der Waals surface area contributed by atoms with Crippen LogP contribution in [-0.4, -0.2) is 29.5 Å². The van der Waals surface area contributed by atoms with E-state index in [4.69, 9.17) is 9.47 Å². The summed E-state index contributed by atoms with van der Waals surface area (Å²) >= 11 is 0. The summed E-state index contributed by atoms with van der Waals surface area (Å²) in [6.45, 7) is 7.08. The summed E-state index contributed by atoms with van der Waals surface area (Å²) in [5.74, 6) is 0.565. The van der Waals surface area contributed by atoms with Crippen molar-refractivity contribution in [2.45, 2.75) is 38.4 Å². The Balaban J connectivity index is 2.52. The molecule has 0 aliphatic carbocycles. The first kappa shape index (κ1) is 15.3. The number of aryl methyl sites for hydroxylation is 1. The molecule has 0 amide bonds. The minimum atomic E-state index is -0.983. The predicted molar refractivity (Wildman–Crippen MR) is 74.1 cm³/mol. The van der Waals surface area contributed by atoms with E-state index >= 15 is 0 Å². The maximum atomic E-state index is 12.2. The first-order chi connectivity index (χ1) is 8.69. The van der Waals surface area contributed by atoms with Gasteiger partial charge in [0.15, 0.2) is 6.29 Å². The van der Waals surface area contributed by atoms with Crippen LogP contribution < -0.4 is 0 Å². The number of ether oxygens (including phenoxy) is 2. The largest absolute Gasteiger partial charge is 0.353 e. The fraction of sp³-hybridized carbons (Fsp3) is 0.571. The molecule has 4 heteroatoms. The van der Waals surface area contributed by atoms with Gasteiger partial charge in [0, 0.05) is 30.3 Å². The molecule has 1 rings (SSSR count). The Morgan fingerprint density at radius 2 is 1.78 bits per heavy atom. The molecular weight excluding hydrogens is 248 g/mol. The van der Waals surface area contributed by atoms with Crippen molar-refractivity contribution in [3.8, 4) is 0 Å². The topological polar surface area (TPSA) is 35.5 Å². The van der Waals surface area contributed by atoms with E-state index in [9.17, 15) is 4.21 Å². The van der Waals surface area contributed by atoms with Crippen LogP contribution in [0.3, 0.4) is 0 Å². The van der Waals surface area contributed by atoms with Crippen LogP contribution in [-0.2, 0) is 20.3 Å². The zero-order chi connectivity index (χ0) is 13.4. The Bertz CT molecular complexity index is 373. The van der Waals surface area contributed by atoms with Crippen LogP contribution in [0.2, 0.25) is 0 Å². The van der Waals surface area contributed by atoms with E-state index in [1.807, 2.05) is 45.0 Å². The van der Waals surface area contributed by atoms with Gasteiger partial charge in [0.25, 0.3) is 0 Å². The fourth-order valence-corrected chi connectivity index (χ4v) is 3.00. The highest BCUT2D eigenvalue weighted by molar-refractivity contribution is 7.85. The molecule has 0 bridgehead atoms. The van der Waals surface area contributed by atoms with E-state index in [0.717, 1.165) is 10.5 Å². The number of hydrogen-bond donors (Lipinski definition) is 0. The van der Waals surface area contributed by atoms with Gasteiger partial charge in [-0.3, -0.25) is 4.21 Å². The van der Waals surface area contributed by atoms with E-state index in [0.29, 0.717) is 25.4 Å². The molecule has 3 nitrogen and oxygen atoms in total. The third-order valence-electron chi connectivity index (χ3n) is 2.58. The van der Waals surface area contributed by atoms with Crippen molar-refractivity contribution < 1.29 is 13.7 Å². The summed E-state index contributed by atoms with van der Waals surface area (Å²) in [5, 5.41) is 0. The highest BCUT2D eigenvalue weighted by Gasteiger charge is 2.12. The van der Waals surface area contributed by atoms with Gasteiger partial charge in [-0.25, -0.2) is 0 Å². The molecule has 0 radical (unpaired) electrons. The van der Waals surface area contributed by atoms with Crippen molar-refractivity contribution >= 4 is 10.8 Å². The van der Waals surface area contributed by atoms with Gasteiger partial charge in [-0.1, -0.05) is 18.2 Å². The predicted octanol–water partition coefficient (Wildman–Crippen LogP) is 2.89. The minimum absolute atomic E-state index is 0.243. The van der Waals surface area contributed by atoms with Crippen LogP contribution >= 0.6 is 0 Å². The Kier molecular flexibility index (Phi) is 7.16.